The largest absolute Gasteiger partial charge is 0.462 e. The summed E-state index contributed by atoms with van der Waals surface area (Å²) in [6, 6.07) is 8.55. The molecule has 0 bridgehead atoms. The van der Waals surface area contributed by atoms with Crippen LogP contribution in [0.25, 0.3) is 0 Å². The Morgan fingerprint density at radius 1 is 0.528 bits per heavy atom. The summed E-state index contributed by atoms with van der Waals surface area (Å²) in [6.07, 6.45) is 4.98. The number of fused-ring (bicyclic) bond motifs is 2. The summed E-state index contributed by atoms with van der Waals surface area (Å²) in [5, 5.41) is 4.36. The maximum absolute atomic E-state index is 12.2. The molecule has 2 heterocycles. The van der Waals surface area contributed by atoms with Crippen molar-refractivity contribution in [1.82, 2.24) is 10.6 Å². The molecule has 2 aliphatic heterocycles. The fraction of sp³-hybridized carbons (Fsp3) is 0.308. The second-order valence-corrected chi connectivity index (χ2v) is 8.48. The zero-order chi connectivity index (χ0) is 25.7. The van der Waals surface area contributed by atoms with E-state index in [9.17, 15) is 28.8 Å². The highest BCUT2D eigenvalue weighted by molar-refractivity contribution is 6.22. The number of nitrogens with one attached hydrogen (secondary N) is 2. The van der Waals surface area contributed by atoms with E-state index in [1.54, 1.807) is 0 Å². The zero-order valence-corrected chi connectivity index (χ0v) is 19.4. The van der Waals surface area contributed by atoms with Gasteiger partial charge in [-0.3, -0.25) is 29.8 Å². The minimum Gasteiger partial charge on any atom is -0.462 e. The first-order chi connectivity index (χ1) is 17.3. The van der Waals surface area contributed by atoms with Crippen molar-refractivity contribution in [3.63, 3.8) is 0 Å². The van der Waals surface area contributed by atoms with Crippen LogP contribution in [-0.4, -0.2) is 48.8 Å². The number of benzene rings is 2. The molecule has 186 valence electrons. The Bertz CT molecular complexity index is 1170. The molecule has 0 atom stereocenters. The number of carbonyl (C=O) groups excluding carboxylic acids is 6. The van der Waals surface area contributed by atoms with E-state index in [1.807, 2.05) is 0 Å². The number of ether oxygens (including phenoxy) is 2. The number of hydrogen-bond acceptors (Lipinski definition) is 8. The first-order valence-electron chi connectivity index (χ1n) is 11.7. The molecule has 2 N–H and O–H groups in total. The van der Waals surface area contributed by atoms with E-state index in [2.05, 4.69) is 10.6 Å². The highest BCUT2D eigenvalue weighted by Gasteiger charge is 2.28. The Hall–Kier alpha value is -4.34. The molecule has 10 heteroatoms. The summed E-state index contributed by atoms with van der Waals surface area (Å²) in [6.45, 7) is 0.506. The molecule has 0 radical (unpaired) electrons. The van der Waals surface area contributed by atoms with E-state index in [4.69, 9.17) is 9.47 Å². The van der Waals surface area contributed by atoms with Crippen molar-refractivity contribution in [2.75, 3.05) is 13.2 Å². The predicted molar refractivity (Wildman–Crippen MR) is 125 cm³/mol. The Morgan fingerprint density at radius 3 is 1.31 bits per heavy atom. The third-order valence-electron chi connectivity index (χ3n) is 5.95. The third kappa shape index (κ3) is 5.48. The van der Waals surface area contributed by atoms with Crippen LogP contribution in [0.4, 0.5) is 0 Å². The molecule has 0 spiro atoms. The topological polar surface area (TPSA) is 145 Å². The van der Waals surface area contributed by atoms with Crippen molar-refractivity contribution in [3.8, 4) is 0 Å². The number of amides is 4. The van der Waals surface area contributed by atoms with Crippen molar-refractivity contribution in [2.24, 2.45) is 0 Å². The van der Waals surface area contributed by atoms with Crippen molar-refractivity contribution < 1.29 is 38.2 Å². The second-order valence-electron chi connectivity index (χ2n) is 8.48. The van der Waals surface area contributed by atoms with Crippen molar-refractivity contribution in [1.29, 1.82) is 0 Å². The van der Waals surface area contributed by atoms with Gasteiger partial charge < -0.3 is 9.47 Å². The minimum absolute atomic E-state index is 0.177. The van der Waals surface area contributed by atoms with Crippen LogP contribution in [0.1, 0.15) is 101 Å². The van der Waals surface area contributed by atoms with Gasteiger partial charge in [-0.1, -0.05) is 25.7 Å². The second kappa shape index (κ2) is 10.9. The van der Waals surface area contributed by atoms with Crippen LogP contribution in [0, 0.1) is 0 Å². The highest BCUT2D eigenvalue weighted by atomic mass is 16.5. The van der Waals surface area contributed by atoms with Gasteiger partial charge >= 0.3 is 11.9 Å². The van der Waals surface area contributed by atoms with E-state index >= 15 is 0 Å². The molecule has 0 saturated carbocycles. The average molecular weight is 492 g/mol. The molecule has 0 saturated heterocycles. The van der Waals surface area contributed by atoms with Gasteiger partial charge in [0.25, 0.3) is 23.6 Å². The van der Waals surface area contributed by atoms with Crippen LogP contribution in [0.15, 0.2) is 36.4 Å². The number of rotatable bonds is 11. The van der Waals surface area contributed by atoms with Gasteiger partial charge in [0, 0.05) is 0 Å². The molecular weight excluding hydrogens is 468 g/mol. The Morgan fingerprint density at radius 2 is 0.889 bits per heavy atom. The van der Waals surface area contributed by atoms with E-state index in [-0.39, 0.29) is 46.6 Å². The summed E-state index contributed by atoms with van der Waals surface area (Å²) in [7, 11) is 0. The normalized spacial score (nSPS) is 13.7. The van der Waals surface area contributed by atoms with Crippen LogP contribution >= 0.6 is 0 Å². The molecule has 2 aliphatic rings. The van der Waals surface area contributed by atoms with Gasteiger partial charge in [-0.2, -0.15) is 0 Å². The fourth-order valence-corrected chi connectivity index (χ4v) is 4.00. The number of carbonyl (C=O) groups is 6. The fourth-order valence-electron chi connectivity index (χ4n) is 4.00. The van der Waals surface area contributed by atoms with E-state index in [0.717, 1.165) is 25.7 Å². The average Bonchev–Trinajstić information content (AvgIpc) is 3.32. The van der Waals surface area contributed by atoms with Crippen LogP contribution in [0.5, 0.6) is 0 Å². The van der Waals surface area contributed by atoms with Crippen molar-refractivity contribution in [2.45, 2.75) is 38.5 Å². The third-order valence-corrected chi connectivity index (χ3v) is 5.95. The monoisotopic (exact) mass is 492 g/mol. The number of imide groups is 2. The lowest BCUT2D eigenvalue weighted by atomic mass is 10.1. The van der Waals surface area contributed by atoms with Gasteiger partial charge in [0.1, 0.15) is 0 Å². The lowest BCUT2D eigenvalue weighted by Gasteiger charge is -2.07. The summed E-state index contributed by atoms with van der Waals surface area (Å²) in [5.74, 6) is -3.06. The first-order valence-corrected chi connectivity index (χ1v) is 11.7. The zero-order valence-electron chi connectivity index (χ0n) is 19.4. The van der Waals surface area contributed by atoms with Gasteiger partial charge in [0.05, 0.1) is 46.6 Å². The van der Waals surface area contributed by atoms with Gasteiger partial charge in [0.2, 0.25) is 0 Å². The predicted octanol–water partition coefficient (Wildman–Crippen LogP) is 2.81. The highest BCUT2D eigenvalue weighted by Crippen LogP contribution is 2.19. The lowest BCUT2D eigenvalue weighted by Crippen LogP contribution is -2.19. The van der Waals surface area contributed by atoms with Crippen LogP contribution in [0.3, 0.4) is 0 Å². The van der Waals surface area contributed by atoms with Crippen molar-refractivity contribution >= 4 is 35.6 Å². The lowest BCUT2D eigenvalue weighted by molar-refractivity contribution is 0.0484. The molecule has 2 aromatic carbocycles. The van der Waals surface area contributed by atoms with Crippen LogP contribution in [0.2, 0.25) is 0 Å². The maximum atomic E-state index is 12.2. The summed E-state index contributed by atoms with van der Waals surface area (Å²) >= 11 is 0. The summed E-state index contributed by atoms with van der Waals surface area (Å²) < 4.78 is 10.5. The SMILES string of the molecule is O=C(OCCCCCCCCOC(=O)c1ccc2c(c1)C(=O)NC2=O)c1ccc2c(c1)C(=O)NC2=O. The number of unbranched alkanes of at least 4 members (excludes halogenated alkanes) is 5. The molecule has 0 unspecified atom stereocenters. The Balaban J connectivity index is 1.06. The molecule has 0 aromatic heterocycles. The summed E-state index contributed by atoms with van der Waals surface area (Å²) in [5.41, 5.74) is 1.31. The Kier molecular flexibility index (Phi) is 7.53. The molecule has 0 aliphatic carbocycles. The quantitative estimate of drug-likeness (QED) is 0.277. The molecule has 4 rings (SSSR count). The molecule has 2 aromatic rings. The maximum Gasteiger partial charge on any atom is 0.338 e. The first kappa shape index (κ1) is 24.8. The summed E-state index contributed by atoms with van der Waals surface area (Å²) in [4.78, 5) is 70.9. The molecule has 36 heavy (non-hydrogen) atoms. The molecule has 10 nitrogen and oxygen atoms in total. The minimum atomic E-state index is -0.539. The van der Waals surface area contributed by atoms with Crippen LogP contribution in [-0.2, 0) is 9.47 Å². The number of hydrogen-bond donors (Lipinski definition) is 2. The molecule has 4 amide bonds. The van der Waals surface area contributed by atoms with Gasteiger partial charge in [-0.05, 0) is 49.2 Å². The van der Waals surface area contributed by atoms with Gasteiger partial charge in [-0.15, -0.1) is 0 Å². The van der Waals surface area contributed by atoms with Gasteiger partial charge in [-0.25, -0.2) is 9.59 Å². The van der Waals surface area contributed by atoms with E-state index < -0.39 is 35.6 Å². The smallest absolute Gasteiger partial charge is 0.338 e. The standard InChI is InChI=1S/C26H24N2O8/c29-21-17-9-7-15(13-19(17)23(31)27-21)25(33)35-11-5-3-1-2-4-6-12-36-26(34)16-8-10-18-20(14-16)24(32)28-22(18)30/h7-10,13-14H,1-6,11-12H2,(H,27,29,31)(H,28,30,32). The van der Waals surface area contributed by atoms with Crippen LogP contribution < -0.4 is 10.6 Å². The van der Waals surface area contributed by atoms with Crippen molar-refractivity contribution in [3.05, 3.63) is 69.8 Å². The van der Waals surface area contributed by atoms with E-state index in [0.29, 0.717) is 12.8 Å². The Labute approximate surface area is 206 Å². The van der Waals surface area contributed by atoms with E-state index in [1.165, 1.54) is 36.4 Å². The molecular formula is C26H24N2O8. The van der Waals surface area contributed by atoms with Gasteiger partial charge in [0.15, 0.2) is 0 Å². The molecule has 0 fully saturated rings. The number of esters is 2.